The Hall–Kier alpha value is -2.97. The van der Waals surface area contributed by atoms with Crippen molar-refractivity contribution in [2.24, 2.45) is 7.05 Å². The molecule has 0 atom stereocenters. The van der Waals surface area contributed by atoms with E-state index in [1.165, 1.54) is 29.5 Å². The van der Waals surface area contributed by atoms with Crippen molar-refractivity contribution in [3.63, 3.8) is 0 Å². The minimum Gasteiger partial charge on any atom is -0.462 e. The minimum atomic E-state index is -0.565. The second-order valence-electron chi connectivity index (χ2n) is 3.92. The van der Waals surface area contributed by atoms with Gasteiger partial charge >= 0.3 is 12.0 Å². The number of carbonyl (C=O) groups is 2. The van der Waals surface area contributed by atoms with Crippen molar-refractivity contribution < 1.29 is 14.3 Å². The van der Waals surface area contributed by atoms with Crippen LogP contribution in [0.2, 0.25) is 0 Å². The molecule has 2 amide bonds. The van der Waals surface area contributed by atoms with Crippen LogP contribution in [-0.2, 0) is 11.8 Å². The van der Waals surface area contributed by atoms with Gasteiger partial charge in [0.1, 0.15) is 11.4 Å². The topological polar surface area (TPSA) is 111 Å². The molecule has 0 bridgehead atoms. The Kier molecular flexibility index (Phi) is 4.44. The molecule has 2 aromatic rings. The highest BCUT2D eigenvalue weighted by molar-refractivity contribution is 6.03. The van der Waals surface area contributed by atoms with Gasteiger partial charge in [0.05, 0.1) is 19.0 Å². The highest BCUT2D eigenvalue weighted by Gasteiger charge is 2.19. The lowest BCUT2D eigenvalue weighted by molar-refractivity contribution is 0.0527. The summed E-state index contributed by atoms with van der Waals surface area (Å²) in [5.41, 5.74) is 0.175. The van der Waals surface area contributed by atoms with E-state index in [2.05, 4.69) is 25.7 Å². The Labute approximate surface area is 120 Å². The van der Waals surface area contributed by atoms with Gasteiger partial charge in [-0.3, -0.25) is 20.3 Å². The summed E-state index contributed by atoms with van der Waals surface area (Å²) in [6, 6.07) is -0.565. The average molecular weight is 290 g/mol. The zero-order valence-electron chi connectivity index (χ0n) is 11.5. The number of hydrogen-bond acceptors (Lipinski definition) is 6. The van der Waals surface area contributed by atoms with Crippen molar-refractivity contribution >= 4 is 23.6 Å². The Balaban J connectivity index is 2.10. The molecule has 0 spiro atoms. The Morgan fingerprint density at radius 3 is 2.76 bits per heavy atom. The molecule has 0 saturated heterocycles. The van der Waals surface area contributed by atoms with E-state index in [9.17, 15) is 9.59 Å². The number of amides is 2. The molecule has 2 N–H and O–H groups in total. The Morgan fingerprint density at radius 1 is 1.29 bits per heavy atom. The van der Waals surface area contributed by atoms with E-state index in [0.717, 1.165) is 0 Å². The van der Waals surface area contributed by atoms with Crippen LogP contribution in [0.5, 0.6) is 0 Å². The number of hydrogen-bond donors (Lipinski definition) is 2. The van der Waals surface area contributed by atoms with Gasteiger partial charge in [0.15, 0.2) is 5.82 Å². The van der Waals surface area contributed by atoms with Crippen molar-refractivity contribution in [2.45, 2.75) is 6.92 Å². The predicted octanol–water partition coefficient (Wildman–Crippen LogP) is 1.03. The molecule has 0 unspecified atom stereocenters. The number of anilines is 2. The maximum absolute atomic E-state index is 11.9. The maximum Gasteiger partial charge on any atom is 0.343 e. The van der Waals surface area contributed by atoms with E-state index in [1.54, 1.807) is 14.0 Å². The van der Waals surface area contributed by atoms with Crippen LogP contribution < -0.4 is 10.6 Å². The van der Waals surface area contributed by atoms with Crippen LogP contribution >= 0.6 is 0 Å². The van der Waals surface area contributed by atoms with Crippen molar-refractivity contribution in [2.75, 3.05) is 17.2 Å². The third kappa shape index (κ3) is 3.53. The van der Waals surface area contributed by atoms with E-state index in [1.807, 2.05) is 0 Å². The smallest absolute Gasteiger partial charge is 0.343 e. The minimum absolute atomic E-state index is 0.175. The monoisotopic (exact) mass is 290 g/mol. The number of nitrogens with zero attached hydrogens (tertiary/aromatic N) is 4. The van der Waals surface area contributed by atoms with Gasteiger partial charge in [0, 0.05) is 19.4 Å². The first-order valence-electron chi connectivity index (χ1n) is 6.15. The fraction of sp³-hybridized carbons (Fsp3) is 0.250. The summed E-state index contributed by atoms with van der Waals surface area (Å²) in [6.07, 6.45) is 5.66. The van der Waals surface area contributed by atoms with Crippen molar-refractivity contribution in [3.8, 4) is 0 Å². The molecule has 0 aliphatic heterocycles. The number of ether oxygens (including phenoxy) is 1. The molecule has 2 aromatic heterocycles. The van der Waals surface area contributed by atoms with E-state index in [-0.39, 0.29) is 23.8 Å². The number of carbonyl (C=O) groups excluding carboxylic acids is 2. The molecule has 0 aliphatic rings. The standard InChI is InChI=1S/C12H14N6O3/c1-3-21-11(19)8-6-15-18(2)10(8)17-12(20)16-9-7-13-4-5-14-9/h4-7H,3H2,1-2H3,(H2,14,16,17,20). The predicted molar refractivity (Wildman–Crippen MR) is 73.8 cm³/mol. The maximum atomic E-state index is 11.9. The fourth-order valence-electron chi connectivity index (χ4n) is 1.56. The van der Waals surface area contributed by atoms with E-state index in [0.29, 0.717) is 0 Å². The van der Waals surface area contributed by atoms with Crippen LogP contribution in [0.15, 0.2) is 24.8 Å². The highest BCUT2D eigenvalue weighted by Crippen LogP contribution is 2.15. The molecule has 2 heterocycles. The molecular formula is C12H14N6O3. The molecule has 0 radical (unpaired) electrons. The first-order chi connectivity index (χ1) is 10.1. The number of rotatable bonds is 4. The SMILES string of the molecule is CCOC(=O)c1cnn(C)c1NC(=O)Nc1cnccn1. The lowest BCUT2D eigenvalue weighted by atomic mass is 10.3. The van der Waals surface area contributed by atoms with Gasteiger partial charge in [-0.25, -0.2) is 14.6 Å². The zero-order valence-corrected chi connectivity index (χ0v) is 11.5. The summed E-state index contributed by atoms with van der Waals surface area (Å²) in [4.78, 5) is 31.4. The van der Waals surface area contributed by atoms with E-state index < -0.39 is 12.0 Å². The molecule has 0 fully saturated rings. The summed E-state index contributed by atoms with van der Waals surface area (Å²) in [5.74, 6) is -0.0369. The van der Waals surface area contributed by atoms with Crippen LogP contribution in [0.1, 0.15) is 17.3 Å². The van der Waals surface area contributed by atoms with E-state index in [4.69, 9.17) is 4.74 Å². The van der Waals surface area contributed by atoms with Gasteiger partial charge in [0.25, 0.3) is 0 Å². The normalized spacial score (nSPS) is 10.0. The lowest BCUT2D eigenvalue weighted by Crippen LogP contribution is -2.23. The van der Waals surface area contributed by atoms with Gasteiger partial charge in [-0.05, 0) is 6.92 Å². The van der Waals surface area contributed by atoms with Crippen LogP contribution in [0, 0.1) is 0 Å². The average Bonchev–Trinajstić information content (AvgIpc) is 2.81. The van der Waals surface area contributed by atoms with Gasteiger partial charge in [0.2, 0.25) is 0 Å². The second kappa shape index (κ2) is 6.46. The van der Waals surface area contributed by atoms with Crippen molar-refractivity contribution in [1.29, 1.82) is 0 Å². The fourth-order valence-corrected chi connectivity index (χ4v) is 1.56. The summed E-state index contributed by atoms with van der Waals surface area (Å²) in [6.45, 7) is 1.93. The third-order valence-corrected chi connectivity index (χ3v) is 2.47. The Morgan fingerprint density at radius 2 is 2.10 bits per heavy atom. The van der Waals surface area contributed by atoms with E-state index >= 15 is 0 Å². The second-order valence-corrected chi connectivity index (χ2v) is 3.92. The van der Waals surface area contributed by atoms with Crippen molar-refractivity contribution in [3.05, 3.63) is 30.4 Å². The number of aryl methyl sites for hydroxylation is 1. The van der Waals surface area contributed by atoms with Gasteiger partial charge < -0.3 is 4.74 Å². The first kappa shape index (κ1) is 14.4. The van der Waals surface area contributed by atoms with Crippen LogP contribution in [0.25, 0.3) is 0 Å². The molecule has 0 saturated carbocycles. The third-order valence-electron chi connectivity index (χ3n) is 2.47. The number of nitrogens with one attached hydrogen (secondary N) is 2. The molecule has 0 aromatic carbocycles. The summed E-state index contributed by atoms with van der Waals surface area (Å²) in [7, 11) is 1.60. The molecule has 21 heavy (non-hydrogen) atoms. The van der Waals surface area contributed by atoms with Crippen LogP contribution in [-0.4, -0.2) is 38.4 Å². The summed E-state index contributed by atoms with van der Waals surface area (Å²) >= 11 is 0. The molecule has 9 nitrogen and oxygen atoms in total. The largest absolute Gasteiger partial charge is 0.462 e. The van der Waals surface area contributed by atoms with Crippen LogP contribution in [0.3, 0.4) is 0 Å². The molecule has 0 aliphatic carbocycles. The lowest BCUT2D eigenvalue weighted by Gasteiger charge is -2.08. The Bertz CT molecular complexity index is 640. The number of urea groups is 1. The molecule has 2 rings (SSSR count). The molecule has 9 heteroatoms. The quantitative estimate of drug-likeness (QED) is 0.813. The van der Waals surface area contributed by atoms with Gasteiger partial charge in [-0.15, -0.1) is 0 Å². The first-order valence-corrected chi connectivity index (χ1v) is 6.15. The van der Waals surface area contributed by atoms with Gasteiger partial charge in [-0.1, -0.05) is 0 Å². The highest BCUT2D eigenvalue weighted by atomic mass is 16.5. The summed E-state index contributed by atoms with van der Waals surface area (Å²) < 4.78 is 6.26. The summed E-state index contributed by atoms with van der Waals surface area (Å²) in [5, 5.41) is 8.94. The zero-order chi connectivity index (χ0) is 15.2. The van der Waals surface area contributed by atoms with Gasteiger partial charge in [-0.2, -0.15) is 5.10 Å². The van der Waals surface area contributed by atoms with Crippen LogP contribution in [0.4, 0.5) is 16.4 Å². The number of aromatic nitrogens is 4. The molecule has 110 valence electrons. The number of esters is 1. The molecular weight excluding hydrogens is 276 g/mol. The van der Waals surface area contributed by atoms with Crippen molar-refractivity contribution in [1.82, 2.24) is 19.7 Å².